The number of hydrogen-bond acceptors (Lipinski definition) is 7. The molecule has 2 aliphatic heterocycles. The number of aliphatic hydroxyl groups is 1. The Labute approximate surface area is 220 Å². The van der Waals surface area contributed by atoms with E-state index in [1.807, 2.05) is 13.0 Å². The average Bonchev–Trinajstić information content (AvgIpc) is 3.31. The van der Waals surface area contributed by atoms with Crippen LogP contribution in [0.5, 0.6) is 0 Å². The van der Waals surface area contributed by atoms with Gasteiger partial charge in [0.2, 0.25) is 0 Å². The first kappa shape index (κ1) is 28.1. The van der Waals surface area contributed by atoms with Crippen molar-refractivity contribution in [1.82, 2.24) is 20.2 Å². The molecule has 0 bridgehead atoms. The van der Waals surface area contributed by atoms with Crippen molar-refractivity contribution < 1.29 is 27.8 Å². The number of ether oxygens (including phenoxy) is 1. The zero-order chi connectivity index (χ0) is 27.5. The highest BCUT2D eigenvalue weighted by Gasteiger charge is 2.36. The molecule has 0 radical (unpaired) electrons. The number of amides is 2. The van der Waals surface area contributed by atoms with Gasteiger partial charge in [-0.3, -0.25) is 0 Å². The Kier molecular flexibility index (Phi) is 8.43. The molecule has 9 nitrogen and oxygen atoms in total. The Hall–Kier alpha value is -2.96. The van der Waals surface area contributed by atoms with Crippen LogP contribution < -0.4 is 16.0 Å². The number of rotatable bonds is 7. The normalized spacial score (nSPS) is 20.4. The van der Waals surface area contributed by atoms with Gasteiger partial charge in [-0.1, -0.05) is 6.07 Å². The van der Waals surface area contributed by atoms with Crippen LogP contribution in [0.4, 0.5) is 29.5 Å². The highest BCUT2D eigenvalue weighted by Crippen LogP contribution is 2.32. The standard InChI is InChI=1S/C26H35F3N6O3/c1-16-4-5-18(32-24(36)35-8-6-17(14-35)12-26(27,28)29)10-19(16)20-11-22(31-15-25(2,3)37)34-23(33-20)21-13-30-7-9-38-21/h4-5,10-11,17,21,30,37H,6-9,12-15H2,1-3H3,(H,32,36)(H,31,33,34). The number of halogens is 3. The predicted molar refractivity (Wildman–Crippen MR) is 138 cm³/mol. The number of morpholine rings is 1. The zero-order valence-electron chi connectivity index (χ0n) is 21.9. The maximum atomic E-state index is 12.8. The van der Waals surface area contributed by atoms with E-state index in [0.717, 1.165) is 17.7 Å². The summed E-state index contributed by atoms with van der Waals surface area (Å²) in [6.45, 7) is 7.78. The summed E-state index contributed by atoms with van der Waals surface area (Å²) in [5.74, 6) is 0.442. The third-order valence-electron chi connectivity index (χ3n) is 6.52. The Balaban J connectivity index is 1.55. The zero-order valence-corrected chi connectivity index (χ0v) is 21.9. The van der Waals surface area contributed by atoms with Gasteiger partial charge in [-0.05, 0) is 50.8 Å². The van der Waals surface area contributed by atoms with Crippen LogP contribution in [-0.2, 0) is 4.74 Å². The van der Waals surface area contributed by atoms with E-state index in [1.165, 1.54) is 4.90 Å². The molecule has 12 heteroatoms. The fourth-order valence-corrected chi connectivity index (χ4v) is 4.57. The van der Waals surface area contributed by atoms with Crippen LogP contribution in [0.15, 0.2) is 24.3 Å². The summed E-state index contributed by atoms with van der Waals surface area (Å²) in [5, 5.41) is 19.4. The molecule has 3 heterocycles. The molecule has 2 atom stereocenters. The van der Waals surface area contributed by atoms with Gasteiger partial charge in [0, 0.05) is 56.5 Å². The van der Waals surface area contributed by atoms with Gasteiger partial charge >= 0.3 is 12.2 Å². The van der Waals surface area contributed by atoms with Gasteiger partial charge in [-0.15, -0.1) is 0 Å². The van der Waals surface area contributed by atoms with Crippen molar-refractivity contribution >= 4 is 17.5 Å². The number of aryl methyl sites for hydroxylation is 1. The second kappa shape index (κ2) is 11.4. The lowest BCUT2D eigenvalue weighted by atomic mass is 10.0. The fraction of sp³-hybridized carbons (Fsp3) is 0.577. The molecule has 4 N–H and O–H groups in total. The molecule has 38 heavy (non-hydrogen) atoms. The topological polar surface area (TPSA) is 112 Å². The van der Waals surface area contributed by atoms with Gasteiger partial charge in [0.15, 0.2) is 5.82 Å². The van der Waals surface area contributed by atoms with Crippen LogP contribution in [0.1, 0.15) is 44.2 Å². The van der Waals surface area contributed by atoms with Crippen molar-refractivity contribution in [2.45, 2.75) is 51.5 Å². The number of carbonyl (C=O) groups excluding carboxylic acids is 1. The van der Waals surface area contributed by atoms with Gasteiger partial charge in [-0.25, -0.2) is 14.8 Å². The summed E-state index contributed by atoms with van der Waals surface area (Å²) in [7, 11) is 0. The van der Waals surface area contributed by atoms with Gasteiger partial charge in [0.05, 0.1) is 17.9 Å². The summed E-state index contributed by atoms with van der Waals surface area (Å²) in [5.41, 5.74) is 1.84. The summed E-state index contributed by atoms with van der Waals surface area (Å²) in [4.78, 5) is 23.6. The summed E-state index contributed by atoms with van der Waals surface area (Å²) in [6, 6.07) is 6.75. The van der Waals surface area contributed by atoms with E-state index < -0.39 is 30.1 Å². The number of nitrogens with one attached hydrogen (secondary N) is 3. The molecule has 0 saturated carbocycles. The van der Waals surface area contributed by atoms with Crippen LogP contribution in [-0.4, -0.2) is 77.1 Å². The first-order chi connectivity index (χ1) is 17.9. The minimum atomic E-state index is -4.24. The summed E-state index contributed by atoms with van der Waals surface area (Å²) in [6.07, 6.45) is -5.13. The lowest BCUT2D eigenvalue weighted by molar-refractivity contribution is -0.143. The van der Waals surface area contributed by atoms with E-state index in [0.29, 0.717) is 42.6 Å². The monoisotopic (exact) mass is 536 g/mol. The summed E-state index contributed by atoms with van der Waals surface area (Å²) >= 11 is 0. The number of hydrogen-bond donors (Lipinski definition) is 4. The number of alkyl halides is 3. The van der Waals surface area contributed by atoms with Crippen molar-refractivity contribution in [3.63, 3.8) is 0 Å². The van der Waals surface area contributed by atoms with E-state index in [2.05, 4.69) is 20.9 Å². The lowest BCUT2D eigenvalue weighted by Gasteiger charge is -2.24. The molecule has 4 rings (SSSR count). The molecule has 1 aromatic heterocycles. The average molecular weight is 537 g/mol. The molecular weight excluding hydrogens is 501 g/mol. The van der Waals surface area contributed by atoms with E-state index in [1.54, 1.807) is 32.0 Å². The van der Waals surface area contributed by atoms with Crippen LogP contribution in [0.3, 0.4) is 0 Å². The number of aromatic nitrogens is 2. The third kappa shape index (κ3) is 7.78. The Morgan fingerprint density at radius 1 is 1.26 bits per heavy atom. The minimum Gasteiger partial charge on any atom is -0.389 e. The predicted octanol–water partition coefficient (Wildman–Crippen LogP) is 4.10. The molecule has 0 spiro atoms. The van der Waals surface area contributed by atoms with Crippen molar-refractivity contribution in [2.75, 3.05) is 50.0 Å². The van der Waals surface area contributed by atoms with Crippen molar-refractivity contribution in [1.29, 1.82) is 0 Å². The summed E-state index contributed by atoms with van der Waals surface area (Å²) < 4.78 is 44.1. The van der Waals surface area contributed by atoms with Crippen LogP contribution in [0.25, 0.3) is 11.3 Å². The molecule has 0 aliphatic carbocycles. The van der Waals surface area contributed by atoms with Crippen molar-refractivity contribution in [3.05, 3.63) is 35.7 Å². The second-order valence-corrected chi connectivity index (χ2v) is 10.6. The van der Waals surface area contributed by atoms with E-state index >= 15 is 0 Å². The van der Waals surface area contributed by atoms with Gasteiger partial charge in [-0.2, -0.15) is 13.2 Å². The Bertz CT molecular complexity index is 1130. The molecule has 2 fully saturated rings. The first-order valence-corrected chi connectivity index (χ1v) is 12.8. The second-order valence-electron chi connectivity index (χ2n) is 10.6. The number of benzene rings is 1. The van der Waals surface area contributed by atoms with Crippen LogP contribution in [0, 0.1) is 12.8 Å². The smallest absolute Gasteiger partial charge is 0.389 e. The lowest BCUT2D eigenvalue weighted by Crippen LogP contribution is -2.34. The molecule has 2 aliphatic rings. The number of carbonyl (C=O) groups is 1. The van der Waals surface area contributed by atoms with Crippen LogP contribution >= 0.6 is 0 Å². The molecule has 2 unspecified atom stereocenters. The van der Waals surface area contributed by atoms with E-state index in [4.69, 9.17) is 9.72 Å². The van der Waals surface area contributed by atoms with Gasteiger partial charge in [0.25, 0.3) is 0 Å². The fourth-order valence-electron chi connectivity index (χ4n) is 4.57. The van der Waals surface area contributed by atoms with Crippen LogP contribution in [0.2, 0.25) is 0 Å². The van der Waals surface area contributed by atoms with Crippen molar-refractivity contribution in [2.24, 2.45) is 5.92 Å². The number of urea groups is 1. The molecule has 208 valence electrons. The quantitative estimate of drug-likeness (QED) is 0.422. The Morgan fingerprint density at radius 2 is 2.05 bits per heavy atom. The molecule has 2 aromatic rings. The largest absolute Gasteiger partial charge is 0.389 e. The van der Waals surface area contributed by atoms with E-state index in [-0.39, 0.29) is 25.7 Å². The minimum absolute atomic E-state index is 0.0744. The van der Waals surface area contributed by atoms with E-state index in [9.17, 15) is 23.1 Å². The molecular formula is C26H35F3N6O3. The number of likely N-dealkylation sites (tertiary alicyclic amines) is 1. The number of nitrogens with zero attached hydrogens (tertiary/aromatic N) is 3. The highest BCUT2D eigenvalue weighted by atomic mass is 19.4. The number of anilines is 2. The maximum absolute atomic E-state index is 12.8. The highest BCUT2D eigenvalue weighted by molar-refractivity contribution is 5.90. The maximum Gasteiger partial charge on any atom is 0.389 e. The molecule has 2 amide bonds. The van der Waals surface area contributed by atoms with Gasteiger partial charge < -0.3 is 30.7 Å². The van der Waals surface area contributed by atoms with Crippen molar-refractivity contribution in [3.8, 4) is 11.3 Å². The molecule has 1 aromatic carbocycles. The SMILES string of the molecule is Cc1ccc(NC(=O)N2CCC(CC(F)(F)F)C2)cc1-c1cc(NCC(C)(C)O)nc(C2CNCCO2)n1. The Morgan fingerprint density at radius 3 is 2.74 bits per heavy atom. The van der Waals surface area contributed by atoms with Gasteiger partial charge in [0.1, 0.15) is 11.9 Å². The molecule has 2 saturated heterocycles. The first-order valence-electron chi connectivity index (χ1n) is 12.8. The third-order valence-corrected chi connectivity index (χ3v) is 6.52.